The van der Waals surface area contributed by atoms with Crippen LogP contribution in [-0.4, -0.2) is 83.8 Å². The molecule has 1 aliphatic heterocycles. The highest BCUT2D eigenvalue weighted by Gasteiger charge is 2.44. The van der Waals surface area contributed by atoms with Crippen LogP contribution in [0.15, 0.2) is 11.8 Å². The minimum Gasteiger partial charge on any atom is -0.469 e. The molecule has 0 aliphatic carbocycles. The van der Waals surface area contributed by atoms with E-state index in [0.717, 1.165) is 18.2 Å². The van der Waals surface area contributed by atoms with Crippen molar-refractivity contribution < 1.29 is 39.2 Å². The van der Waals surface area contributed by atoms with Crippen LogP contribution in [0.2, 0.25) is 0 Å². The van der Waals surface area contributed by atoms with E-state index < -0.39 is 49.4 Å². The fourth-order valence-electron chi connectivity index (χ4n) is 2.04. The molecule has 0 radical (unpaired) electrons. The molecule has 130 valence electrons. The second-order valence-corrected chi connectivity index (χ2v) is 4.77. The van der Waals surface area contributed by atoms with Crippen LogP contribution >= 0.6 is 0 Å². The molecule has 1 heterocycles. The van der Waals surface area contributed by atoms with E-state index in [0.29, 0.717) is 0 Å². The SMILES string of the molecule is CNC(=O)/C(=C\N(C=O)C1OC(CO)C(O)C1O)CC(=O)OC. The number of amides is 2. The first-order chi connectivity index (χ1) is 10.9. The van der Waals surface area contributed by atoms with E-state index in [1.165, 1.54) is 7.05 Å². The Balaban J connectivity index is 3.03. The Labute approximate surface area is 132 Å². The monoisotopic (exact) mass is 332 g/mol. The Hall–Kier alpha value is -2.01. The van der Waals surface area contributed by atoms with Crippen LogP contribution in [0.25, 0.3) is 0 Å². The van der Waals surface area contributed by atoms with Crippen molar-refractivity contribution in [3.8, 4) is 0 Å². The number of ether oxygens (including phenoxy) is 2. The summed E-state index contributed by atoms with van der Waals surface area (Å²) >= 11 is 0. The fraction of sp³-hybridized carbons (Fsp3) is 0.615. The first-order valence-electron chi connectivity index (χ1n) is 6.74. The summed E-state index contributed by atoms with van der Waals surface area (Å²) in [6.07, 6.45) is -4.40. The van der Waals surface area contributed by atoms with Crippen LogP contribution in [0.5, 0.6) is 0 Å². The van der Waals surface area contributed by atoms with Crippen molar-refractivity contribution in [2.24, 2.45) is 0 Å². The van der Waals surface area contributed by atoms with Crippen LogP contribution in [-0.2, 0) is 23.9 Å². The average molecular weight is 332 g/mol. The lowest BCUT2D eigenvalue weighted by Crippen LogP contribution is -2.41. The molecule has 0 aromatic carbocycles. The second-order valence-electron chi connectivity index (χ2n) is 4.77. The summed E-state index contributed by atoms with van der Waals surface area (Å²) in [5, 5.41) is 30.9. The number of methoxy groups -OCH3 is 1. The average Bonchev–Trinajstić information content (AvgIpc) is 2.85. The van der Waals surface area contributed by atoms with Crippen molar-refractivity contribution >= 4 is 18.3 Å². The van der Waals surface area contributed by atoms with Crippen molar-refractivity contribution in [2.45, 2.75) is 31.0 Å². The van der Waals surface area contributed by atoms with Gasteiger partial charge >= 0.3 is 5.97 Å². The van der Waals surface area contributed by atoms with Crippen LogP contribution in [0.4, 0.5) is 0 Å². The zero-order chi connectivity index (χ0) is 17.6. The summed E-state index contributed by atoms with van der Waals surface area (Å²) in [5.74, 6) is -1.33. The minimum absolute atomic E-state index is 0.107. The number of carbonyl (C=O) groups excluding carboxylic acids is 3. The van der Waals surface area contributed by atoms with Gasteiger partial charge in [-0.05, 0) is 0 Å². The van der Waals surface area contributed by atoms with Gasteiger partial charge in [0.05, 0.1) is 20.1 Å². The van der Waals surface area contributed by atoms with E-state index in [4.69, 9.17) is 9.84 Å². The molecule has 10 heteroatoms. The van der Waals surface area contributed by atoms with Gasteiger partial charge in [-0.1, -0.05) is 0 Å². The van der Waals surface area contributed by atoms with Gasteiger partial charge in [0.1, 0.15) is 18.3 Å². The van der Waals surface area contributed by atoms with E-state index in [-0.39, 0.29) is 12.0 Å². The molecule has 0 saturated carbocycles. The molecule has 1 rings (SSSR count). The molecule has 2 amide bonds. The number of rotatable bonds is 7. The summed E-state index contributed by atoms with van der Waals surface area (Å²) in [6, 6.07) is 0. The summed E-state index contributed by atoms with van der Waals surface area (Å²) in [5.41, 5.74) is -0.107. The highest BCUT2D eigenvalue weighted by atomic mass is 16.6. The molecule has 0 aromatic rings. The van der Waals surface area contributed by atoms with Crippen molar-refractivity contribution in [1.29, 1.82) is 0 Å². The lowest BCUT2D eigenvalue weighted by molar-refractivity contribution is -0.141. The van der Waals surface area contributed by atoms with Gasteiger partial charge in [-0.2, -0.15) is 0 Å². The molecular weight excluding hydrogens is 312 g/mol. The van der Waals surface area contributed by atoms with Crippen molar-refractivity contribution in [3.63, 3.8) is 0 Å². The third-order valence-electron chi connectivity index (χ3n) is 3.32. The number of esters is 1. The summed E-state index contributed by atoms with van der Waals surface area (Å²) < 4.78 is 9.65. The zero-order valence-electron chi connectivity index (χ0n) is 12.7. The van der Waals surface area contributed by atoms with Gasteiger partial charge in [0.15, 0.2) is 6.23 Å². The first kappa shape index (κ1) is 19.0. The molecule has 0 bridgehead atoms. The molecule has 4 atom stereocenters. The normalized spacial score (nSPS) is 27.4. The highest BCUT2D eigenvalue weighted by Crippen LogP contribution is 2.24. The maximum Gasteiger partial charge on any atom is 0.310 e. The van der Waals surface area contributed by atoms with Crippen LogP contribution < -0.4 is 5.32 Å². The highest BCUT2D eigenvalue weighted by molar-refractivity contribution is 5.97. The number of likely N-dealkylation sites (N-methyl/N-ethyl adjacent to an activating group) is 1. The standard InChI is InChI=1S/C13H20N2O8/c1-14-12(21)7(3-9(18)22-2)4-15(6-17)13-11(20)10(19)8(5-16)23-13/h4,6,8,10-11,13,16,19-20H,3,5H2,1-2H3,(H,14,21)/b7-4-. The maximum absolute atomic E-state index is 11.8. The van der Waals surface area contributed by atoms with Crippen LogP contribution in [0, 0.1) is 0 Å². The number of carbonyl (C=O) groups is 3. The smallest absolute Gasteiger partial charge is 0.310 e. The van der Waals surface area contributed by atoms with Gasteiger partial charge in [0, 0.05) is 18.8 Å². The van der Waals surface area contributed by atoms with Crippen molar-refractivity contribution in [1.82, 2.24) is 10.2 Å². The third-order valence-corrected chi connectivity index (χ3v) is 3.32. The van der Waals surface area contributed by atoms with E-state index in [1.54, 1.807) is 0 Å². The van der Waals surface area contributed by atoms with Crippen LogP contribution in [0.1, 0.15) is 6.42 Å². The predicted octanol–water partition coefficient (Wildman–Crippen LogP) is -2.92. The first-order valence-corrected chi connectivity index (χ1v) is 6.74. The Morgan fingerprint density at radius 2 is 2.00 bits per heavy atom. The van der Waals surface area contributed by atoms with E-state index in [1.807, 2.05) is 0 Å². The number of aliphatic hydroxyl groups is 3. The Morgan fingerprint density at radius 3 is 2.43 bits per heavy atom. The van der Waals surface area contributed by atoms with E-state index in [2.05, 4.69) is 10.1 Å². The topological polar surface area (TPSA) is 146 Å². The maximum atomic E-state index is 11.8. The number of nitrogens with zero attached hydrogens (tertiary/aromatic N) is 1. The van der Waals surface area contributed by atoms with E-state index in [9.17, 15) is 24.6 Å². The molecule has 0 spiro atoms. The third kappa shape index (κ3) is 4.48. The molecule has 4 N–H and O–H groups in total. The minimum atomic E-state index is -1.49. The number of aliphatic hydroxyl groups excluding tert-OH is 3. The molecule has 23 heavy (non-hydrogen) atoms. The van der Waals surface area contributed by atoms with Gasteiger partial charge in [0.25, 0.3) is 0 Å². The van der Waals surface area contributed by atoms with Crippen LogP contribution in [0.3, 0.4) is 0 Å². The number of hydrogen-bond acceptors (Lipinski definition) is 8. The largest absolute Gasteiger partial charge is 0.469 e. The lowest BCUT2D eigenvalue weighted by Gasteiger charge is -2.24. The molecule has 0 aromatic heterocycles. The van der Waals surface area contributed by atoms with Gasteiger partial charge in [-0.3, -0.25) is 19.3 Å². The number of nitrogens with one attached hydrogen (secondary N) is 1. The predicted molar refractivity (Wildman–Crippen MR) is 74.4 cm³/mol. The summed E-state index contributed by atoms with van der Waals surface area (Å²) in [6.45, 7) is -0.560. The Bertz CT molecular complexity index is 481. The molecule has 10 nitrogen and oxygen atoms in total. The Morgan fingerprint density at radius 1 is 1.35 bits per heavy atom. The summed E-state index contributed by atoms with van der Waals surface area (Å²) in [4.78, 5) is 35.2. The second kappa shape index (κ2) is 8.58. The van der Waals surface area contributed by atoms with Crippen molar-refractivity contribution in [3.05, 3.63) is 11.8 Å². The molecular formula is C13H20N2O8. The summed E-state index contributed by atoms with van der Waals surface area (Å²) in [7, 11) is 2.48. The van der Waals surface area contributed by atoms with Gasteiger partial charge < -0.3 is 30.1 Å². The fourth-order valence-corrected chi connectivity index (χ4v) is 2.04. The van der Waals surface area contributed by atoms with Gasteiger partial charge in [-0.25, -0.2) is 0 Å². The molecule has 1 aliphatic rings. The quantitative estimate of drug-likeness (QED) is 0.220. The molecule has 1 fully saturated rings. The van der Waals surface area contributed by atoms with Crippen molar-refractivity contribution in [2.75, 3.05) is 20.8 Å². The van der Waals surface area contributed by atoms with Gasteiger partial charge in [-0.15, -0.1) is 0 Å². The molecule has 1 saturated heterocycles. The van der Waals surface area contributed by atoms with E-state index >= 15 is 0 Å². The Kier molecular flexibility index (Phi) is 7.10. The molecule has 4 unspecified atom stereocenters. The van der Waals surface area contributed by atoms with Gasteiger partial charge in [0.2, 0.25) is 12.3 Å². The lowest BCUT2D eigenvalue weighted by atomic mass is 10.1. The zero-order valence-corrected chi connectivity index (χ0v) is 12.7. The number of hydrogen-bond donors (Lipinski definition) is 4.